The molecule has 1 nitrogen and oxygen atoms in total. The zero-order valence-electron chi connectivity index (χ0n) is 7.51. The first kappa shape index (κ1) is 8.79. The van der Waals surface area contributed by atoms with E-state index in [1.165, 1.54) is 0 Å². The largest absolute Gasteiger partial charge is 0.390 e. The normalized spacial score (nSPS) is 45.4. The van der Waals surface area contributed by atoms with E-state index in [2.05, 4.69) is 13.5 Å². The second-order valence-electron chi connectivity index (χ2n) is 4.03. The molecule has 64 valence electrons. The van der Waals surface area contributed by atoms with E-state index in [1.807, 2.05) is 13.0 Å². The van der Waals surface area contributed by atoms with Gasteiger partial charge in [-0.1, -0.05) is 13.0 Å². The summed E-state index contributed by atoms with van der Waals surface area (Å²) in [6.45, 7) is 7.85. The molecule has 0 amide bonds. The summed E-state index contributed by atoms with van der Waals surface area (Å²) in [5, 5.41) is 9.82. The highest BCUT2D eigenvalue weighted by Crippen LogP contribution is 2.36. The van der Waals surface area contributed by atoms with Crippen molar-refractivity contribution in [3.8, 4) is 0 Å². The Balaban J connectivity index is 2.54. The molecule has 0 spiro atoms. The minimum Gasteiger partial charge on any atom is -0.390 e. The summed E-state index contributed by atoms with van der Waals surface area (Å²) < 4.78 is 0. The van der Waals surface area contributed by atoms with E-state index in [9.17, 15) is 5.11 Å². The van der Waals surface area contributed by atoms with Crippen molar-refractivity contribution in [3.05, 3.63) is 12.7 Å². The van der Waals surface area contributed by atoms with Crippen LogP contribution in [0.4, 0.5) is 0 Å². The first-order valence-corrected chi connectivity index (χ1v) is 4.41. The Morgan fingerprint density at radius 2 is 2.27 bits per heavy atom. The molecule has 0 saturated heterocycles. The quantitative estimate of drug-likeness (QED) is 0.575. The zero-order valence-corrected chi connectivity index (χ0v) is 7.51. The zero-order chi connectivity index (χ0) is 8.48. The summed E-state index contributed by atoms with van der Waals surface area (Å²) in [5.74, 6) is 1.05. The third-order valence-electron chi connectivity index (χ3n) is 3.07. The van der Waals surface area contributed by atoms with Gasteiger partial charge in [-0.2, -0.15) is 0 Å². The van der Waals surface area contributed by atoms with Crippen molar-refractivity contribution in [2.75, 3.05) is 0 Å². The van der Waals surface area contributed by atoms with E-state index in [-0.39, 0.29) is 0 Å². The highest BCUT2D eigenvalue weighted by atomic mass is 16.3. The fourth-order valence-electron chi connectivity index (χ4n) is 1.76. The van der Waals surface area contributed by atoms with Crippen LogP contribution in [0.25, 0.3) is 0 Å². The lowest BCUT2D eigenvalue weighted by atomic mass is 9.73. The van der Waals surface area contributed by atoms with Crippen molar-refractivity contribution in [3.63, 3.8) is 0 Å². The predicted octanol–water partition coefficient (Wildman–Crippen LogP) is 2.36. The summed E-state index contributed by atoms with van der Waals surface area (Å²) in [6, 6.07) is 0. The highest BCUT2D eigenvalue weighted by molar-refractivity contribution is 4.92. The van der Waals surface area contributed by atoms with Crippen LogP contribution in [0.5, 0.6) is 0 Å². The van der Waals surface area contributed by atoms with Crippen LogP contribution in [-0.4, -0.2) is 10.7 Å². The van der Waals surface area contributed by atoms with Crippen LogP contribution in [-0.2, 0) is 0 Å². The maximum Gasteiger partial charge on any atom is 0.0645 e. The molecule has 1 aliphatic carbocycles. The molecule has 0 aliphatic heterocycles. The molecule has 0 aromatic carbocycles. The van der Waals surface area contributed by atoms with Gasteiger partial charge < -0.3 is 5.11 Å². The molecule has 0 aromatic heterocycles. The lowest BCUT2D eigenvalue weighted by Crippen LogP contribution is -2.38. The molecule has 0 unspecified atom stereocenters. The predicted molar refractivity (Wildman–Crippen MR) is 47.3 cm³/mol. The van der Waals surface area contributed by atoms with E-state index in [4.69, 9.17) is 0 Å². The minimum atomic E-state index is -0.431. The summed E-state index contributed by atoms with van der Waals surface area (Å²) in [7, 11) is 0. The van der Waals surface area contributed by atoms with Gasteiger partial charge in [-0.25, -0.2) is 0 Å². The standard InChI is InChI=1S/C10H18O/c1-4-9-5-6-10(3,11)8(2)7-9/h4,8-9,11H,1,5-7H2,2-3H3/t8-,9+,10-/m0/s1. The van der Waals surface area contributed by atoms with Gasteiger partial charge in [0.15, 0.2) is 0 Å². The van der Waals surface area contributed by atoms with Gasteiger partial charge in [0, 0.05) is 0 Å². The third-order valence-corrected chi connectivity index (χ3v) is 3.07. The maximum absolute atomic E-state index is 9.82. The molecule has 11 heavy (non-hydrogen) atoms. The Bertz CT molecular complexity index is 149. The van der Waals surface area contributed by atoms with Crippen LogP contribution in [0.3, 0.4) is 0 Å². The Morgan fingerprint density at radius 1 is 1.64 bits per heavy atom. The number of allylic oxidation sites excluding steroid dienone is 1. The molecule has 1 heteroatoms. The van der Waals surface area contributed by atoms with E-state index in [0.29, 0.717) is 11.8 Å². The van der Waals surface area contributed by atoms with Gasteiger partial charge in [-0.15, -0.1) is 6.58 Å². The Labute approximate surface area is 69.1 Å². The van der Waals surface area contributed by atoms with Crippen molar-refractivity contribution in [2.45, 2.75) is 38.7 Å². The molecule has 3 atom stereocenters. The van der Waals surface area contributed by atoms with Crippen LogP contribution >= 0.6 is 0 Å². The molecule has 0 aromatic rings. The summed E-state index contributed by atoms with van der Waals surface area (Å²) >= 11 is 0. The number of hydrogen-bond acceptors (Lipinski definition) is 1. The molecular weight excluding hydrogens is 136 g/mol. The third kappa shape index (κ3) is 1.84. The average molecular weight is 154 g/mol. The van der Waals surface area contributed by atoms with E-state index >= 15 is 0 Å². The molecule has 1 saturated carbocycles. The van der Waals surface area contributed by atoms with Crippen LogP contribution in [0.1, 0.15) is 33.1 Å². The SMILES string of the molecule is C=C[C@@H]1CC[C@](C)(O)[C@@H](C)C1. The average Bonchev–Trinajstić information content (AvgIpc) is 1.95. The molecule has 0 heterocycles. The highest BCUT2D eigenvalue weighted by Gasteiger charge is 2.34. The van der Waals surface area contributed by atoms with Gasteiger partial charge >= 0.3 is 0 Å². The van der Waals surface area contributed by atoms with Crippen molar-refractivity contribution in [2.24, 2.45) is 11.8 Å². The van der Waals surface area contributed by atoms with E-state index in [0.717, 1.165) is 19.3 Å². The molecule has 1 aliphatic rings. The molecule has 1 fully saturated rings. The van der Waals surface area contributed by atoms with Crippen molar-refractivity contribution >= 4 is 0 Å². The molecule has 0 radical (unpaired) electrons. The topological polar surface area (TPSA) is 20.2 Å². The van der Waals surface area contributed by atoms with Gasteiger partial charge in [0.05, 0.1) is 5.60 Å². The summed E-state index contributed by atoms with van der Waals surface area (Å²) in [4.78, 5) is 0. The Hall–Kier alpha value is -0.300. The van der Waals surface area contributed by atoms with Crippen LogP contribution < -0.4 is 0 Å². The van der Waals surface area contributed by atoms with Crippen LogP contribution in [0.2, 0.25) is 0 Å². The molecular formula is C10H18O. The second kappa shape index (κ2) is 2.98. The van der Waals surface area contributed by atoms with Crippen molar-refractivity contribution < 1.29 is 5.11 Å². The molecule has 1 N–H and O–H groups in total. The first-order valence-electron chi connectivity index (χ1n) is 4.41. The summed E-state index contributed by atoms with van der Waals surface area (Å²) in [5.41, 5.74) is -0.431. The van der Waals surface area contributed by atoms with Gasteiger partial charge in [0.25, 0.3) is 0 Å². The van der Waals surface area contributed by atoms with Crippen LogP contribution in [0, 0.1) is 11.8 Å². The van der Waals surface area contributed by atoms with Gasteiger partial charge in [0.2, 0.25) is 0 Å². The van der Waals surface area contributed by atoms with Gasteiger partial charge in [-0.05, 0) is 38.0 Å². The molecule has 0 bridgehead atoms. The first-order chi connectivity index (χ1) is 5.06. The Kier molecular flexibility index (Phi) is 2.38. The molecule has 1 rings (SSSR count). The van der Waals surface area contributed by atoms with Crippen molar-refractivity contribution in [1.29, 1.82) is 0 Å². The Morgan fingerprint density at radius 3 is 2.73 bits per heavy atom. The fourth-order valence-corrected chi connectivity index (χ4v) is 1.76. The smallest absolute Gasteiger partial charge is 0.0645 e. The summed E-state index contributed by atoms with van der Waals surface area (Å²) in [6.07, 6.45) is 5.13. The lowest BCUT2D eigenvalue weighted by Gasteiger charge is -2.38. The maximum atomic E-state index is 9.82. The van der Waals surface area contributed by atoms with Gasteiger partial charge in [-0.3, -0.25) is 0 Å². The number of aliphatic hydroxyl groups is 1. The minimum absolute atomic E-state index is 0.416. The second-order valence-corrected chi connectivity index (χ2v) is 4.03. The van der Waals surface area contributed by atoms with E-state index < -0.39 is 5.60 Å². The fraction of sp³-hybridized carbons (Fsp3) is 0.800. The van der Waals surface area contributed by atoms with Crippen LogP contribution in [0.15, 0.2) is 12.7 Å². The monoisotopic (exact) mass is 154 g/mol. The number of hydrogen-bond donors (Lipinski definition) is 1. The lowest BCUT2D eigenvalue weighted by molar-refractivity contribution is -0.0330. The van der Waals surface area contributed by atoms with Gasteiger partial charge in [0.1, 0.15) is 0 Å². The van der Waals surface area contributed by atoms with Crippen molar-refractivity contribution in [1.82, 2.24) is 0 Å². The number of rotatable bonds is 1. The van der Waals surface area contributed by atoms with E-state index in [1.54, 1.807) is 0 Å².